The molecule has 2 aliphatic carbocycles. The number of halogens is 1. The molecule has 2 unspecified atom stereocenters. The van der Waals surface area contributed by atoms with E-state index in [-0.39, 0.29) is 34.3 Å². The molecule has 3 aromatic rings. The van der Waals surface area contributed by atoms with Crippen LogP contribution in [0.2, 0.25) is 0 Å². The minimum Gasteiger partial charge on any atom is -0.474 e. The standard InChI is InChI=1S/C24H26FN5O4/c1-13(2)34-20-14(19(31)26-16-5-4-6-30(21(16)32)17-7-15(17)25)8-29-9-18(27-22(29)28-20)24-10-23(3,11-24)33-12-24/h4-6,8-9,13,15,17H,7,10-12H2,1-3H3,(H,26,31). The Morgan fingerprint density at radius 2 is 2.09 bits per heavy atom. The molecule has 178 valence electrons. The van der Waals surface area contributed by atoms with Gasteiger partial charge in [0.1, 0.15) is 17.4 Å². The quantitative estimate of drug-likeness (QED) is 0.598. The highest BCUT2D eigenvalue weighted by Gasteiger charge is 2.61. The molecule has 3 aromatic heterocycles. The van der Waals surface area contributed by atoms with E-state index in [4.69, 9.17) is 14.5 Å². The number of alkyl halides is 1. The number of hydrogen-bond acceptors (Lipinski definition) is 6. The Balaban J connectivity index is 1.35. The molecule has 10 heteroatoms. The van der Waals surface area contributed by atoms with E-state index in [0.29, 0.717) is 18.8 Å². The minimum atomic E-state index is -1.03. The van der Waals surface area contributed by atoms with E-state index in [2.05, 4.69) is 17.2 Å². The largest absolute Gasteiger partial charge is 0.474 e. The molecular weight excluding hydrogens is 441 g/mol. The van der Waals surface area contributed by atoms with Crippen LogP contribution in [0.15, 0.2) is 35.5 Å². The zero-order valence-electron chi connectivity index (χ0n) is 19.2. The fourth-order valence-corrected chi connectivity index (χ4v) is 5.28. The second-order valence-electron chi connectivity index (χ2n) is 10.2. The van der Waals surface area contributed by atoms with Gasteiger partial charge in [0.15, 0.2) is 0 Å². The van der Waals surface area contributed by atoms with Gasteiger partial charge in [0.2, 0.25) is 11.7 Å². The predicted octanol–water partition coefficient (Wildman–Crippen LogP) is 3.03. The first-order valence-electron chi connectivity index (χ1n) is 11.5. The molecule has 4 aliphatic rings. The first kappa shape index (κ1) is 21.3. The zero-order valence-corrected chi connectivity index (χ0v) is 19.2. The third-order valence-electron chi connectivity index (χ3n) is 6.93. The fraction of sp³-hybridized carbons (Fsp3) is 0.500. The van der Waals surface area contributed by atoms with Crippen molar-refractivity contribution in [2.24, 2.45) is 0 Å². The van der Waals surface area contributed by atoms with E-state index in [1.165, 1.54) is 16.8 Å². The van der Waals surface area contributed by atoms with Gasteiger partial charge in [0.25, 0.3) is 11.5 Å². The normalized spacial score (nSPS) is 29.3. The predicted molar refractivity (Wildman–Crippen MR) is 121 cm³/mol. The Bertz CT molecular complexity index is 1370. The molecule has 5 heterocycles. The third-order valence-corrected chi connectivity index (χ3v) is 6.93. The van der Waals surface area contributed by atoms with Gasteiger partial charge in [-0.25, -0.2) is 9.37 Å². The van der Waals surface area contributed by atoms with E-state index in [1.807, 2.05) is 20.0 Å². The molecule has 0 radical (unpaired) electrons. The van der Waals surface area contributed by atoms with Crippen LogP contribution in [0.25, 0.3) is 5.78 Å². The van der Waals surface area contributed by atoms with Gasteiger partial charge in [-0.2, -0.15) is 4.98 Å². The van der Waals surface area contributed by atoms with E-state index in [1.54, 1.807) is 16.7 Å². The summed E-state index contributed by atoms with van der Waals surface area (Å²) < 4.78 is 28.3. The highest BCUT2D eigenvalue weighted by Crippen LogP contribution is 2.58. The summed E-state index contributed by atoms with van der Waals surface area (Å²) in [7, 11) is 0. The number of carbonyl (C=O) groups is 1. The van der Waals surface area contributed by atoms with Crippen LogP contribution < -0.4 is 15.6 Å². The van der Waals surface area contributed by atoms with Crippen molar-refractivity contribution in [2.75, 3.05) is 11.9 Å². The maximum absolute atomic E-state index is 13.5. The lowest BCUT2D eigenvalue weighted by Crippen LogP contribution is -2.45. The Kier molecular flexibility index (Phi) is 4.45. The number of carbonyl (C=O) groups excluding carboxylic acids is 1. The van der Waals surface area contributed by atoms with E-state index in [0.717, 1.165) is 18.5 Å². The molecule has 7 rings (SSSR count). The topological polar surface area (TPSA) is 99.8 Å². The number of nitrogens with one attached hydrogen (secondary N) is 1. The van der Waals surface area contributed by atoms with Crippen LogP contribution in [0.1, 0.15) is 62.1 Å². The van der Waals surface area contributed by atoms with E-state index < -0.39 is 23.7 Å². The third kappa shape index (κ3) is 3.31. The minimum absolute atomic E-state index is 0.0734. The molecule has 9 nitrogen and oxygen atoms in total. The summed E-state index contributed by atoms with van der Waals surface area (Å²) in [4.78, 5) is 35.2. The van der Waals surface area contributed by atoms with Crippen molar-refractivity contribution in [1.29, 1.82) is 0 Å². The first-order chi connectivity index (χ1) is 16.2. The van der Waals surface area contributed by atoms with E-state index in [9.17, 15) is 14.0 Å². The maximum Gasteiger partial charge on any atom is 0.274 e. The van der Waals surface area contributed by atoms with Gasteiger partial charge in [-0.3, -0.25) is 14.0 Å². The number of aromatic nitrogens is 4. The number of anilines is 1. The number of amides is 1. The lowest BCUT2D eigenvalue weighted by molar-refractivity contribution is 0.0154. The molecule has 2 aliphatic heterocycles. The highest BCUT2D eigenvalue weighted by atomic mass is 19.1. The van der Waals surface area contributed by atoms with Crippen LogP contribution in [-0.4, -0.2) is 49.3 Å². The number of ether oxygens (including phenoxy) is 2. The summed E-state index contributed by atoms with van der Waals surface area (Å²) in [6.45, 7) is 6.41. The molecule has 2 saturated carbocycles. The molecule has 0 spiro atoms. The molecule has 2 atom stereocenters. The zero-order chi connectivity index (χ0) is 23.8. The number of fused-ring (bicyclic) bond motifs is 2. The van der Waals surface area contributed by atoms with Gasteiger partial charge in [-0.15, -0.1) is 0 Å². The summed E-state index contributed by atoms with van der Waals surface area (Å²) in [5.74, 6) is 0.0289. The molecule has 34 heavy (non-hydrogen) atoms. The molecular formula is C24H26FN5O4. The SMILES string of the molecule is CC(C)Oc1nc2nc(C34COC(C)(C3)C4)cn2cc1C(=O)Nc1cccn(C2CC2F)c1=O. The van der Waals surface area contributed by atoms with Gasteiger partial charge >= 0.3 is 0 Å². The van der Waals surface area contributed by atoms with Crippen molar-refractivity contribution in [2.45, 2.75) is 69.4 Å². The van der Waals surface area contributed by atoms with Gasteiger partial charge in [0, 0.05) is 30.4 Å². The number of nitrogens with zero attached hydrogens (tertiary/aromatic N) is 4. The summed E-state index contributed by atoms with van der Waals surface area (Å²) in [5.41, 5.74) is 0.498. The van der Waals surface area contributed by atoms with Crippen LogP contribution in [0.3, 0.4) is 0 Å². The molecule has 2 bridgehead atoms. The molecule has 4 fully saturated rings. The van der Waals surface area contributed by atoms with Crippen molar-refractivity contribution in [3.8, 4) is 5.88 Å². The molecule has 2 saturated heterocycles. The number of pyridine rings is 1. The van der Waals surface area contributed by atoms with Gasteiger partial charge in [0.05, 0.1) is 30.0 Å². The Morgan fingerprint density at radius 3 is 2.74 bits per heavy atom. The van der Waals surface area contributed by atoms with Crippen LogP contribution in [-0.2, 0) is 10.2 Å². The summed E-state index contributed by atoms with van der Waals surface area (Å²) in [6.07, 6.45) is 5.91. The van der Waals surface area contributed by atoms with Crippen LogP contribution in [0.5, 0.6) is 5.88 Å². The van der Waals surface area contributed by atoms with Crippen molar-refractivity contribution in [3.05, 3.63) is 52.3 Å². The molecule has 0 aromatic carbocycles. The Labute approximate surface area is 194 Å². The fourth-order valence-electron chi connectivity index (χ4n) is 5.28. The highest BCUT2D eigenvalue weighted by molar-refractivity contribution is 6.05. The number of rotatable bonds is 6. The average Bonchev–Trinajstić information content (AvgIpc) is 3.08. The summed E-state index contributed by atoms with van der Waals surface area (Å²) in [5, 5.41) is 2.66. The second kappa shape index (κ2) is 7.11. The molecule has 1 amide bonds. The number of imidazole rings is 1. The van der Waals surface area contributed by atoms with Crippen molar-refractivity contribution in [1.82, 2.24) is 18.9 Å². The Hall–Kier alpha value is -3.27. The monoisotopic (exact) mass is 467 g/mol. The first-order valence-corrected chi connectivity index (χ1v) is 11.5. The Morgan fingerprint density at radius 1 is 1.32 bits per heavy atom. The smallest absolute Gasteiger partial charge is 0.274 e. The lowest BCUT2D eigenvalue weighted by Gasteiger charge is -2.41. The van der Waals surface area contributed by atoms with Gasteiger partial charge in [-0.1, -0.05) is 0 Å². The van der Waals surface area contributed by atoms with Gasteiger partial charge < -0.3 is 19.4 Å². The molecule has 1 N–H and O–H groups in total. The maximum atomic E-state index is 13.5. The van der Waals surface area contributed by atoms with Crippen molar-refractivity contribution >= 4 is 17.4 Å². The van der Waals surface area contributed by atoms with E-state index >= 15 is 0 Å². The summed E-state index contributed by atoms with van der Waals surface area (Å²) >= 11 is 0. The van der Waals surface area contributed by atoms with Crippen LogP contribution in [0.4, 0.5) is 10.1 Å². The van der Waals surface area contributed by atoms with Crippen LogP contribution in [0, 0.1) is 0 Å². The average molecular weight is 468 g/mol. The van der Waals surface area contributed by atoms with Crippen LogP contribution >= 0.6 is 0 Å². The van der Waals surface area contributed by atoms with Crippen molar-refractivity contribution < 1.29 is 18.7 Å². The number of hydrogen-bond donors (Lipinski definition) is 1. The van der Waals surface area contributed by atoms with Gasteiger partial charge in [-0.05, 0) is 45.7 Å². The lowest BCUT2D eigenvalue weighted by atomic mass is 9.62. The van der Waals surface area contributed by atoms with Crippen molar-refractivity contribution in [3.63, 3.8) is 0 Å². The second-order valence-corrected chi connectivity index (χ2v) is 10.2. The summed E-state index contributed by atoms with van der Waals surface area (Å²) in [6, 6.07) is 2.65.